The maximum absolute atomic E-state index is 9.21. The molecule has 0 saturated heterocycles. The van der Waals surface area contributed by atoms with Crippen LogP contribution in [0.5, 0.6) is 0 Å². The lowest BCUT2D eigenvalue weighted by atomic mass is 10.2. The van der Waals surface area contributed by atoms with Gasteiger partial charge in [-0.05, 0) is 12.5 Å². The second-order valence-corrected chi connectivity index (χ2v) is 2.83. The summed E-state index contributed by atoms with van der Waals surface area (Å²) < 4.78 is 1.99. The van der Waals surface area contributed by atoms with Gasteiger partial charge in [-0.1, -0.05) is 0 Å². The molecule has 3 heteroatoms. The van der Waals surface area contributed by atoms with Crippen molar-refractivity contribution in [3.63, 3.8) is 0 Å². The largest absolute Gasteiger partial charge is 0.389 e. The second kappa shape index (κ2) is 4.18. The molecule has 1 unspecified atom stereocenters. The molecule has 0 bridgehead atoms. The number of rotatable bonds is 3. The van der Waals surface area contributed by atoms with Gasteiger partial charge < -0.3 is 10.8 Å². The highest BCUT2D eigenvalue weighted by molar-refractivity contribution is 5.09. The highest BCUT2D eigenvalue weighted by Gasteiger charge is 2.02. The summed E-state index contributed by atoms with van der Waals surface area (Å²) in [5.74, 6) is 0. The van der Waals surface area contributed by atoms with Crippen LogP contribution in [-0.4, -0.2) is 11.7 Å². The molecule has 0 fully saturated rings. The van der Waals surface area contributed by atoms with E-state index in [2.05, 4.69) is 0 Å². The number of aliphatic hydroxyl groups is 1. The average Bonchev–Trinajstić information content (AvgIpc) is 2.06. The SMILES string of the molecule is CC(O)c1cc[n+](CCN)cc1. The Morgan fingerprint density at radius 3 is 2.50 bits per heavy atom. The molecule has 0 aliphatic carbocycles. The highest BCUT2D eigenvalue weighted by Crippen LogP contribution is 2.07. The van der Waals surface area contributed by atoms with E-state index in [-0.39, 0.29) is 0 Å². The van der Waals surface area contributed by atoms with E-state index in [1.807, 2.05) is 29.1 Å². The summed E-state index contributed by atoms with van der Waals surface area (Å²) in [6.45, 7) is 3.21. The van der Waals surface area contributed by atoms with Crippen LogP contribution in [0, 0.1) is 0 Å². The van der Waals surface area contributed by atoms with Crippen LogP contribution in [0.4, 0.5) is 0 Å². The van der Waals surface area contributed by atoms with Crippen molar-refractivity contribution in [2.45, 2.75) is 19.6 Å². The van der Waals surface area contributed by atoms with Crippen LogP contribution in [0.15, 0.2) is 24.5 Å². The molecule has 1 aromatic heterocycles. The van der Waals surface area contributed by atoms with E-state index in [4.69, 9.17) is 5.73 Å². The van der Waals surface area contributed by atoms with Crippen LogP contribution in [0.2, 0.25) is 0 Å². The Morgan fingerprint density at radius 2 is 2.08 bits per heavy atom. The lowest BCUT2D eigenvalue weighted by molar-refractivity contribution is -0.694. The van der Waals surface area contributed by atoms with Crippen molar-refractivity contribution in [2.24, 2.45) is 5.73 Å². The van der Waals surface area contributed by atoms with Crippen LogP contribution in [0.25, 0.3) is 0 Å². The Bertz CT molecular complexity index is 231. The normalized spacial score (nSPS) is 12.9. The Labute approximate surface area is 72.5 Å². The third-order valence-corrected chi connectivity index (χ3v) is 1.79. The third kappa shape index (κ3) is 2.29. The van der Waals surface area contributed by atoms with Gasteiger partial charge in [-0.15, -0.1) is 0 Å². The first-order chi connectivity index (χ1) is 5.74. The van der Waals surface area contributed by atoms with Crippen LogP contribution in [0.1, 0.15) is 18.6 Å². The summed E-state index contributed by atoms with van der Waals surface area (Å²) in [6.07, 6.45) is 3.46. The van der Waals surface area contributed by atoms with Crippen molar-refractivity contribution in [3.05, 3.63) is 30.1 Å². The maximum atomic E-state index is 9.21. The first-order valence-electron chi connectivity index (χ1n) is 4.11. The first kappa shape index (κ1) is 9.16. The number of nitrogens with two attached hydrogens (primary N) is 1. The van der Waals surface area contributed by atoms with E-state index in [1.165, 1.54) is 0 Å². The lowest BCUT2D eigenvalue weighted by Gasteiger charge is -2.01. The molecule has 0 radical (unpaired) electrons. The number of hydrogen-bond acceptors (Lipinski definition) is 2. The first-order valence-corrected chi connectivity index (χ1v) is 4.11. The maximum Gasteiger partial charge on any atom is 0.169 e. The Morgan fingerprint density at radius 1 is 1.50 bits per heavy atom. The third-order valence-electron chi connectivity index (χ3n) is 1.79. The molecule has 12 heavy (non-hydrogen) atoms. The molecular formula is C9H15N2O+. The van der Waals surface area contributed by atoms with Gasteiger partial charge in [0, 0.05) is 12.1 Å². The second-order valence-electron chi connectivity index (χ2n) is 2.83. The zero-order chi connectivity index (χ0) is 8.97. The molecule has 0 amide bonds. The number of nitrogens with zero attached hydrogens (tertiary/aromatic N) is 1. The summed E-state index contributed by atoms with van der Waals surface area (Å²) in [6, 6.07) is 3.81. The van der Waals surface area contributed by atoms with E-state index in [0.717, 1.165) is 12.1 Å². The van der Waals surface area contributed by atoms with E-state index >= 15 is 0 Å². The molecule has 1 rings (SSSR count). The lowest BCUT2D eigenvalue weighted by Crippen LogP contribution is -2.36. The highest BCUT2D eigenvalue weighted by atomic mass is 16.3. The fraction of sp³-hybridized carbons (Fsp3) is 0.444. The topological polar surface area (TPSA) is 50.1 Å². The van der Waals surface area contributed by atoms with Gasteiger partial charge in [0.25, 0.3) is 0 Å². The van der Waals surface area contributed by atoms with Crippen LogP contribution < -0.4 is 10.3 Å². The molecule has 1 heterocycles. The molecule has 0 aromatic carbocycles. The zero-order valence-corrected chi connectivity index (χ0v) is 7.27. The molecule has 66 valence electrons. The van der Waals surface area contributed by atoms with Crippen LogP contribution in [-0.2, 0) is 6.54 Å². The Hall–Kier alpha value is -0.930. The van der Waals surface area contributed by atoms with E-state index < -0.39 is 6.10 Å². The monoisotopic (exact) mass is 167 g/mol. The van der Waals surface area contributed by atoms with Gasteiger partial charge in [0.05, 0.1) is 12.6 Å². The van der Waals surface area contributed by atoms with Gasteiger partial charge in [-0.3, -0.25) is 0 Å². The Balaban J connectivity index is 2.71. The smallest absolute Gasteiger partial charge is 0.169 e. The molecule has 0 aliphatic rings. The summed E-state index contributed by atoms with van der Waals surface area (Å²) >= 11 is 0. The molecule has 0 spiro atoms. The number of aromatic nitrogens is 1. The minimum absolute atomic E-state index is 0.391. The van der Waals surface area contributed by atoms with E-state index in [1.54, 1.807) is 6.92 Å². The predicted octanol–water partition coefficient (Wildman–Crippen LogP) is -0.0139. The predicted molar refractivity (Wildman–Crippen MR) is 46.3 cm³/mol. The molecule has 3 N–H and O–H groups in total. The van der Waals surface area contributed by atoms with Crippen LogP contribution >= 0.6 is 0 Å². The van der Waals surface area contributed by atoms with Gasteiger partial charge in [0.1, 0.15) is 0 Å². The number of aliphatic hydroxyl groups excluding tert-OH is 1. The fourth-order valence-electron chi connectivity index (χ4n) is 1.05. The number of pyridine rings is 1. The summed E-state index contributed by atoms with van der Waals surface area (Å²) in [4.78, 5) is 0. The van der Waals surface area contributed by atoms with E-state index in [0.29, 0.717) is 6.54 Å². The molecular weight excluding hydrogens is 152 g/mol. The summed E-state index contributed by atoms with van der Waals surface area (Å²) in [7, 11) is 0. The minimum Gasteiger partial charge on any atom is -0.389 e. The standard InChI is InChI=1S/C9H15N2O/c1-8(12)9-2-5-11(6-3-9)7-4-10/h2-3,5-6,8,12H,4,7,10H2,1H3/q+1. The number of hydrogen-bond donors (Lipinski definition) is 2. The minimum atomic E-state index is -0.391. The van der Waals surface area contributed by atoms with Crippen molar-refractivity contribution < 1.29 is 9.67 Å². The van der Waals surface area contributed by atoms with Gasteiger partial charge in [0.2, 0.25) is 0 Å². The van der Waals surface area contributed by atoms with Crippen molar-refractivity contribution in [1.82, 2.24) is 0 Å². The van der Waals surface area contributed by atoms with Gasteiger partial charge in [-0.2, -0.15) is 0 Å². The van der Waals surface area contributed by atoms with Gasteiger partial charge in [0.15, 0.2) is 18.9 Å². The molecule has 1 aromatic rings. The molecule has 0 aliphatic heterocycles. The molecule has 3 nitrogen and oxygen atoms in total. The van der Waals surface area contributed by atoms with Crippen molar-refractivity contribution in [3.8, 4) is 0 Å². The summed E-state index contributed by atoms with van der Waals surface area (Å²) in [5.41, 5.74) is 6.32. The van der Waals surface area contributed by atoms with Crippen molar-refractivity contribution >= 4 is 0 Å². The summed E-state index contributed by atoms with van der Waals surface area (Å²) in [5, 5.41) is 9.21. The fourth-order valence-corrected chi connectivity index (χ4v) is 1.05. The van der Waals surface area contributed by atoms with Gasteiger partial charge in [-0.25, -0.2) is 4.57 Å². The van der Waals surface area contributed by atoms with Gasteiger partial charge >= 0.3 is 0 Å². The quantitative estimate of drug-likeness (QED) is 0.622. The zero-order valence-electron chi connectivity index (χ0n) is 7.27. The Kier molecular flexibility index (Phi) is 3.19. The average molecular weight is 167 g/mol. The van der Waals surface area contributed by atoms with Crippen LogP contribution in [0.3, 0.4) is 0 Å². The molecule has 0 saturated carbocycles. The van der Waals surface area contributed by atoms with E-state index in [9.17, 15) is 5.11 Å². The van der Waals surface area contributed by atoms with Crippen molar-refractivity contribution in [2.75, 3.05) is 6.54 Å². The van der Waals surface area contributed by atoms with Crippen molar-refractivity contribution in [1.29, 1.82) is 0 Å². The molecule has 1 atom stereocenters.